The molecule has 132 valence electrons. The summed E-state index contributed by atoms with van der Waals surface area (Å²) in [5, 5.41) is 9.16. The molecule has 3 amide bonds. The molecule has 1 aromatic heterocycles. The monoisotopic (exact) mass is 344 g/mol. The van der Waals surface area contributed by atoms with Crippen LogP contribution in [0.5, 0.6) is 0 Å². The lowest BCUT2D eigenvalue weighted by Gasteiger charge is -2.24. The fourth-order valence-corrected chi connectivity index (χ4v) is 2.97. The minimum atomic E-state index is -0.811. The maximum absolute atomic E-state index is 12.3. The molecule has 9 nitrogen and oxygen atoms in total. The molecule has 2 heterocycles. The van der Waals surface area contributed by atoms with E-state index in [9.17, 15) is 14.4 Å². The number of nitrogens with zero attached hydrogens (tertiary/aromatic N) is 4. The lowest BCUT2D eigenvalue weighted by atomic mass is 9.86. The first kappa shape index (κ1) is 17.0. The zero-order chi connectivity index (χ0) is 18.0. The van der Waals surface area contributed by atoms with Crippen molar-refractivity contribution in [2.45, 2.75) is 39.5 Å². The van der Waals surface area contributed by atoms with Crippen LogP contribution in [-0.2, 0) is 14.4 Å². The van der Waals surface area contributed by atoms with Crippen LogP contribution in [0.15, 0.2) is 16.1 Å². The molecule has 9 heteroatoms. The van der Waals surface area contributed by atoms with Gasteiger partial charge in [0.1, 0.15) is 5.82 Å². The van der Waals surface area contributed by atoms with Gasteiger partial charge in [0, 0.05) is 18.3 Å². The number of carbonyl (C=O) groups excluding carboxylic acids is 3. The van der Waals surface area contributed by atoms with Crippen LogP contribution in [0, 0.1) is 12.8 Å². The summed E-state index contributed by atoms with van der Waals surface area (Å²) in [6.45, 7) is 3.81. The van der Waals surface area contributed by atoms with Crippen LogP contribution in [0.4, 0.5) is 5.82 Å². The standard InChI is InChI=1S/C16H20N6O3/c1-3-17-14(24)15(25)19-12-8-9(2)21-22(12)16-18-11-7-5-4-6-10(11)13(23)20-16/h8,10H,3-7H2,1-2H3,(H,17,24)(H,19,25). The molecule has 1 atom stereocenters. The van der Waals surface area contributed by atoms with Gasteiger partial charge in [-0.05, 0) is 33.1 Å². The highest BCUT2D eigenvalue weighted by atomic mass is 16.2. The molecule has 1 fully saturated rings. The van der Waals surface area contributed by atoms with Crippen LogP contribution >= 0.6 is 0 Å². The summed E-state index contributed by atoms with van der Waals surface area (Å²) in [6.07, 6.45) is 3.52. The molecule has 1 saturated carbocycles. The summed E-state index contributed by atoms with van der Waals surface area (Å²) in [4.78, 5) is 44.4. The zero-order valence-corrected chi connectivity index (χ0v) is 14.2. The Kier molecular flexibility index (Phi) is 4.73. The number of amides is 3. The van der Waals surface area contributed by atoms with Crippen LogP contribution in [0.3, 0.4) is 0 Å². The largest absolute Gasteiger partial charge is 0.348 e. The van der Waals surface area contributed by atoms with E-state index < -0.39 is 11.8 Å². The van der Waals surface area contributed by atoms with Crippen molar-refractivity contribution in [3.8, 4) is 0 Å². The number of nitrogens with one attached hydrogen (secondary N) is 2. The third-order valence-electron chi connectivity index (χ3n) is 4.14. The quantitative estimate of drug-likeness (QED) is 0.765. The highest BCUT2D eigenvalue weighted by Crippen LogP contribution is 2.26. The van der Waals surface area contributed by atoms with Crippen LogP contribution in [0.1, 0.15) is 38.3 Å². The number of aryl methyl sites for hydroxylation is 1. The van der Waals surface area contributed by atoms with Gasteiger partial charge in [-0.3, -0.25) is 14.4 Å². The molecule has 3 rings (SSSR count). The van der Waals surface area contributed by atoms with Gasteiger partial charge in [0.2, 0.25) is 0 Å². The summed E-state index contributed by atoms with van der Waals surface area (Å²) in [6, 6.07) is 1.59. The Bertz CT molecular complexity index is 792. The summed E-state index contributed by atoms with van der Waals surface area (Å²) in [5.41, 5.74) is 1.42. The number of hydrogen-bond acceptors (Lipinski definition) is 5. The third kappa shape index (κ3) is 3.49. The lowest BCUT2D eigenvalue weighted by molar-refractivity contribution is -0.136. The average molecular weight is 344 g/mol. The topological polar surface area (TPSA) is 118 Å². The molecule has 2 aliphatic rings. The second-order valence-electron chi connectivity index (χ2n) is 6.05. The minimum Gasteiger partial charge on any atom is -0.348 e. The highest BCUT2D eigenvalue weighted by Gasteiger charge is 2.32. The van der Waals surface area contributed by atoms with Gasteiger partial charge in [-0.25, -0.2) is 4.99 Å². The van der Waals surface area contributed by atoms with E-state index in [0.717, 1.165) is 31.4 Å². The predicted molar refractivity (Wildman–Crippen MR) is 91.5 cm³/mol. The number of likely N-dealkylation sites (N-methyl/N-ethyl adjacent to an activating group) is 1. The molecule has 2 N–H and O–H groups in total. The molecule has 1 aromatic rings. The van der Waals surface area contributed by atoms with Crippen molar-refractivity contribution < 1.29 is 14.4 Å². The van der Waals surface area contributed by atoms with E-state index in [0.29, 0.717) is 12.2 Å². The summed E-state index contributed by atoms with van der Waals surface area (Å²) < 4.78 is 1.29. The van der Waals surface area contributed by atoms with E-state index in [1.165, 1.54) is 4.68 Å². The molecule has 0 bridgehead atoms. The van der Waals surface area contributed by atoms with Gasteiger partial charge in [0.05, 0.1) is 11.6 Å². The lowest BCUT2D eigenvalue weighted by Crippen LogP contribution is -2.37. The molecule has 0 aromatic carbocycles. The first-order chi connectivity index (χ1) is 12.0. The second-order valence-corrected chi connectivity index (χ2v) is 6.05. The molecule has 25 heavy (non-hydrogen) atoms. The SMILES string of the molecule is CCNC(=O)C(=O)Nc1cc(C)nn1C1=NC(=O)C2CCCCC2=N1. The Hall–Kier alpha value is -2.84. The molecule has 0 radical (unpaired) electrons. The van der Waals surface area contributed by atoms with E-state index >= 15 is 0 Å². The van der Waals surface area contributed by atoms with Crippen LogP contribution in [0.25, 0.3) is 0 Å². The van der Waals surface area contributed by atoms with Crippen molar-refractivity contribution >= 4 is 35.2 Å². The van der Waals surface area contributed by atoms with Gasteiger partial charge < -0.3 is 10.6 Å². The minimum absolute atomic E-state index is 0.123. The maximum atomic E-state index is 12.3. The predicted octanol–water partition coefficient (Wildman–Crippen LogP) is 0.642. The number of aliphatic imine (C=N–C) groups is 2. The van der Waals surface area contributed by atoms with Gasteiger partial charge in [0.15, 0.2) is 0 Å². The second kappa shape index (κ2) is 6.96. The summed E-state index contributed by atoms with van der Waals surface area (Å²) in [5.74, 6) is -1.64. The van der Waals surface area contributed by atoms with E-state index in [1.54, 1.807) is 19.9 Å². The third-order valence-corrected chi connectivity index (χ3v) is 4.14. The Morgan fingerprint density at radius 1 is 1.28 bits per heavy atom. The van der Waals surface area contributed by atoms with Crippen molar-refractivity contribution in [1.82, 2.24) is 15.1 Å². The first-order valence-electron chi connectivity index (χ1n) is 8.35. The molecule has 1 unspecified atom stereocenters. The number of carbonyl (C=O) groups is 3. The van der Waals surface area contributed by atoms with Gasteiger partial charge in [-0.2, -0.15) is 14.8 Å². The Balaban J connectivity index is 1.88. The molecule has 1 aliphatic heterocycles. The van der Waals surface area contributed by atoms with Crippen molar-refractivity contribution in [2.24, 2.45) is 15.9 Å². The number of fused-ring (bicyclic) bond motifs is 1. The van der Waals surface area contributed by atoms with E-state index in [1.807, 2.05) is 0 Å². The summed E-state index contributed by atoms with van der Waals surface area (Å²) in [7, 11) is 0. The fourth-order valence-electron chi connectivity index (χ4n) is 2.97. The molecular weight excluding hydrogens is 324 g/mol. The van der Waals surface area contributed by atoms with Crippen molar-refractivity contribution in [3.05, 3.63) is 11.8 Å². The molecule has 0 saturated heterocycles. The Morgan fingerprint density at radius 3 is 2.84 bits per heavy atom. The first-order valence-corrected chi connectivity index (χ1v) is 8.35. The van der Waals surface area contributed by atoms with Crippen molar-refractivity contribution in [3.63, 3.8) is 0 Å². The van der Waals surface area contributed by atoms with Crippen molar-refractivity contribution in [1.29, 1.82) is 0 Å². The number of rotatable bonds is 2. The maximum Gasteiger partial charge on any atom is 0.314 e. The van der Waals surface area contributed by atoms with Gasteiger partial charge >= 0.3 is 11.8 Å². The number of anilines is 1. The van der Waals surface area contributed by atoms with Crippen LogP contribution in [0.2, 0.25) is 0 Å². The number of aromatic nitrogens is 2. The van der Waals surface area contributed by atoms with E-state index in [4.69, 9.17) is 0 Å². The normalized spacial score (nSPS) is 19.6. The number of hydrogen-bond donors (Lipinski definition) is 2. The Labute approximate surface area is 144 Å². The highest BCUT2D eigenvalue weighted by molar-refractivity contribution is 6.39. The van der Waals surface area contributed by atoms with Crippen LogP contribution < -0.4 is 10.6 Å². The zero-order valence-electron chi connectivity index (χ0n) is 14.2. The van der Waals surface area contributed by atoms with E-state index in [-0.39, 0.29) is 23.6 Å². The molecule has 0 spiro atoms. The van der Waals surface area contributed by atoms with E-state index in [2.05, 4.69) is 25.7 Å². The van der Waals surface area contributed by atoms with Gasteiger partial charge in [0.25, 0.3) is 11.9 Å². The summed E-state index contributed by atoms with van der Waals surface area (Å²) >= 11 is 0. The molecule has 1 aliphatic carbocycles. The van der Waals surface area contributed by atoms with Crippen LogP contribution in [-0.4, -0.2) is 45.7 Å². The van der Waals surface area contributed by atoms with Gasteiger partial charge in [-0.1, -0.05) is 6.42 Å². The average Bonchev–Trinajstić information content (AvgIpc) is 2.95. The Morgan fingerprint density at radius 2 is 2.08 bits per heavy atom. The molecular formula is C16H20N6O3. The fraction of sp³-hybridized carbons (Fsp3) is 0.500. The van der Waals surface area contributed by atoms with Gasteiger partial charge in [-0.15, -0.1) is 0 Å². The smallest absolute Gasteiger partial charge is 0.314 e. The van der Waals surface area contributed by atoms with Crippen molar-refractivity contribution in [2.75, 3.05) is 11.9 Å².